The normalized spacial score (nSPS) is 12.5. The van der Waals surface area contributed by atoms with Crippen LogP contribution < -0.4 is 25.8 Å². The fraction of sp³-hybridized carbons (Fsp3) is 0.222. The van der Waals surface area contributed by atoms with Crippen LogP contribution >= 0.6 is 0 Å². The van der Waals surface area contributed by atoms with E-state index in [2.05, 4.69) is 9.97 Å². The average Bonchev–Trinajstić information content (AvgIpc) is 3.11. The summed E-state index contributed by atoms with van der Waals surface area (Å²) in [5.74, 6) is -0.461. The lowest BCUT2D eigenvalue weighted by atomic mass is 10.1. The molecule has 1 aromatic carbocycles. The average molecular weight is 368 g/mol. The van der Waals surface area contributed by atoms with Crippen LogP contribution in [0.25, 0.3) is 22.3 Å². The zero-order valence-corrected chi connectivity index (χ0v) is 14.3. The van der Waals surface area contributed by atoms with Crippen LogP contribution in [0.15, 0.2) is 33.9 Å². The maximum absolute atomic E-state index is 12.2. The SMILES string of the molecule is CCCn1c(=O)[nH]c(=O)c2c(C(=O)[O-])cc(-c3ccc4c(c3)OCO4)nc21. The van der Waals surface area contributed by atoms with Gasteiger partial charge >= 0.3 is 5.69 Å². The summed E-state index contributed by atoms with van der Waals surface area (Å²) in [4.78, 5) is 42.7. The second-order valence-corrected chi connectivity index (χ2v) is 6.02. The number of H-pyrrole nitrogens is 1. The first kappa shape index (κ1) is 16.8. The van der Waals surface area contributed by atoms with Gasteiger partial charge in [0.05, 0.1) is 17.0 Å². The number of rotatable bonds is 4. The van der Waals surface area contributed by atoms with Crippen LogP contribution in [-0.4, -0.2) is 27.3 Å². The smallest absolute Gasteiger partial charge is 0.329 e. The molecule has 138 valence electrons. The van der Waals surface area contributed by atoms with Crippen molar-refractivity contribution in [2.75, 3.05) is 6.79 Å². The van der Waals surface area contributed by atoms with Gasteiger partial charge in [-0.05, 0) is 30.7 Å². The summed E-state index contributed by atoms with van der Waals surface area (Å²) in [5.41, 5.74) is -0.965. The van der Waals surface area contributed by atoms with E-state index in [1.54, 1.807) is 18.2 Å². The Morgan fingerprint density at radius 2 is 2.04 bits per heavy atom. The van der Waals surface area contributed by atoms with Crippen LogP contribution in [0.5, 0.6) is 11.5 Å². The molecule has 0 atom stereocenters. The number of carbonyl (C=O) groups excluding carboxylic acids is 1. The van der Waals surface area contributed by atoms with Gasteiger partial charge in [-0.25, -0.2) is 9.78 Å². The molecule has 0 unspecified atom stereocenters. The number of carboxylic acids is 1. The van der Waals surface area contributed by atoms with E-state index in [4.69, 9.17) is 9.47 Å². The Labute approximate surface area is 151 Å². The first-order valence-electron chi connectivity index (χ1n) is 8.29. The van der Waals surface area contributed by atoms with Crippen molar-refractivity contribution >= 4 is 17.0 Å². The van der Waals surface area contributed by atoms with Crippen LogP contribution in [0.2, 0.25) is 0 Å². The quantitative estimate of drug-likeness (QED) is 0.699. The number of fused-ring (bicyclic) bond motifs is 2. The van der Waals surface area contributed by atoms with Gasteiger partial charge in [0, 0.05) is 17.7 Å². The highest BCUT2D eigenvalue weighted by molar-refractivity contribution is 6.01. The minimum absolute atomic E-state index is 0.0000307. The zero-order chi connectivity index (χ0) is 19.1. The molecule has 9 nitrogen and oxygen atoms in total. The molecule has 0 saturated carbocycles. The third kappa shape index (κ3) is 2.73. The first-order valence-corrected chi connectivity index (χ1v) is 8.29. The molecule has 3 aromatic rings. The lowest BCUT2D eigenvalue weighted by Crippen LogP contribution is -2.33. The van der Waals surface area contributed by atoms with Crippen molar-refractivity contribution in [1.82, 2.24) is 14.5 Å². The molecule has 0 radical (unpaired) electrons. The molecule has 0 spiro atoms. The molecule has 0 saturated heterocycles. The van der Waals surface area contributed by atoms with Crippen molar-refractivity contribution in [3.63, 3.8) is 0 Å². The van der Waals surface area contributed by atoms with Crippen molar-refractivity contribution in [2.24, 2.45) is 0 Å². The number of carboxylic acid groups (broad SMARTS) is 1. The van der Waals surface area contributed by atoms with Crippen molar-refractivity contribution < 1.29 is 19.4 Å². The highest BCUT2D eigenvalue weighted by Gasteiger charge is 2.18. The summed E-state index contributed by atoms with van der Waals surface area (Å²) >= 11 is 0. The third-order valence-electron chi connectivity index (χ3n) is 4.28. The monoisotopic (exact) mass is 368 g/mol. The molecule has 0 bridgehead atoms. The molecule has 2 aromatic heterocycles. The maximum atomic E-state index is 12.2. The molecule has 1 aliphatic rings. The van der Waals surface area contributed by atoms with Gasteiger partial charge in [0.25, 0.3) is 5.56 Å². The number of ether oxygens (including phenoxy) is 2. The van der Waals surface area contributed by atoms with Gasteiger partial charge in [-0.3, -0.25) is 14.3 Å². The van der Waals surface area contributed by atoms with Gasteiger partial charge in [-0.2, -0.15) is 0 Å². The Balaban J connectivity index is 2.05. The largest absolute Gasteiger partial charge is 0.545 e. The van der Waals surface area contributed by atoms with Crippen molar-refractivity contribution in [3.05, 3.63) is 50.7 Å². The Morgan fingerprint density at radius 1 is 1.26 bits per heavy atom. The fourth-order valence-corrected chi connectivity index (χ4v) is 3.07. The number of nitrogens with one attached hydrogen (secondary N) is 1. The summed E-state index contributed by atoms with van der Waals surface area (Å²) in [7, 11) is 0. The van der Waals surface area contributed by atoms with E-state index in [-0.39, 0.29) is 35.6 Å². The Bertz CT molecular complexity index is 1190. The molecule has 9 heteroatoms. The summed E-state index contributed by atoms with van der Waals surface area (Å²) < 4.78 is 11.9. The summed E-state index contributed by atoms with van der Waals surface area (Å²) in [6.45, 7) is 2.22. The molecule has 0 fully saturated rings. The third-order valence-corrected chi connectivity index (χ3v) is 4.28. The minimum atomic E-state index is -1.53. The number of aromatic nitrogens is 3. The highest BCUT2D eigenvalue weighted by Crippen LogP contribution is 2.36. The van der Waals surface area contributed by atoms with Gasteiger partial charge in [0.1, 0.15) is 0 Å². The van der Waals surface area contributed by atoms with E-state index in [9.17, 15) is 19.5 Å². The van der Waals surface area contributed by atoms with E-state index >= 15 is 0 Å². The number of nitrogens with zero attached hydrogens (tertiary/aromatic N) is 2. The van der Waals surface area contributed by atoms with Gasteiger partial charge in [-0.1, -0.05) is 6.92 Å². The van der Waals surface area contributed by atoms with E-state index in [0.717, 1.165) is 0 Å². The number of benzene rings is 1. The predicted octanol–water partition coefficient (Wildman–Crippen LogP) is 0.254. The van der Waals surface area contributed by atoms with E-state index < -0.39 is 17.2 Å². The lowest BCUT2D eigenvalue weighted by Gasteiger charge is -2.13. The Morgan fingerprint density at radius 3 is 2.78 bits per heavy atom. The number of aromatic carboxylic acids is 1. The Hall–Kier alpha value is -3.62. The second kappa shape index (κ2) is 6.27. The zero-order valence-electron chi connectivity index (χ0n) is 14.3. The Kier molecular flexibility index (Phi) is 3.91. The van der Waals surface area contributed by atoms with Crippen molar-refractivity contribution in [2.45, 2.75) is 19.9 Å². The summed E-state index contributed by atoms with van der Waals surface area (Å²) in [6.07, 6.45) is 0.595. The van der Waals surface area contributed by atoms with Crippen LogP contribution in [0.1, 0.15) is 23.7 Å². The molecule has 0 amide bonds. The van der Waals surface area contributed by atoms with Gasteiger partial charge in [-0.15, -0.1) is 0 Å². The highest BCUT2D eigenvalue weighted by atomic mass is 16.7. The van der Waals surface area contributed by atoms with Crippen LogP contribution in [0, 0.1) is 0 Å². The summed E-state index contributed by atoms with van der Waals surface area (Å²) in [5, 5.41) is 11.5. The number of hydrogen-bond acceptors (Lipinski definition) is 7. The van der Waals surface area contributed by atoms with Crippen molar-refractivity contribution in [1.29, 1.82) is 0 Å². The lowest BCUT2D eigenvalue weighted by molar-refractivity contribution is -0.254. The molecule has 27 heavy (non-hydrogen) atoms. The molecule has 1 N–H and O–H groups in total. The van der Waals surface area contributed by atoms with Crippen LogP contribution in [0.4, 0.5) is 0 Å². The molecule has 1 aliphatic heterocycles. The number of aromatic amines is 1. The first-order chi connectivity index (χ1) is 13.0. The number of pyridine rings is 1. The standard InChI is InChI=1S/C18H15N3O6/c1-2-5-21-15-14(16(22)20-18(21)25)10(17(23)24)7-11(19-15)9-3-4-12-13(6-9)27-8-26-12/h3-4,6-7H,2,5,8H2,1H3,(H,23,24)(H,20,22,25)/p-1. The topological polar surface area (TPSA) is 126 Å². The molecule has 4 rings (SSSR count). The van der Waals surface area contributed by atoms with Gasteiger partial charge in [0.15, 0.2) is 17.1 Å². The molecular formula is C18H14N3O6-. The van der Waals surface area contributed by atoms with E-state index in [1.807, 2.05) is 6.92 Å². The van der Waals surface area contributed by atoms with Gasteiger partial charge in [0.2, 0.25) is 6.79 Å². The molecular weight excluding hydrogens is 354 g/mol. The summed E-state index contributed by atoms with van der Waals surface area (Å²) in [6, 6.07) is 6.28. The van der Waals surface area contributed by atoms with Crippen LogP contribution in [0.3, 0.4) is 0 Å². The van der Waals surface area contributed by atoms with Crippen molar-refractivity contribution in [3.8, 4) is 22.8 Å². The van der Waals surface area contributed by atoms with Gasteiger partial charge < -0.3 is 19.4 Å². The minimum Gasteiger partial charge on any atom is -0.545 e. The number of hydrogen-bond donors (Lipinski definition) is 1. The molecule has 0 aliphatic carbocycles. The predicted molar refractivity (Wildman–Crippen MR) is 92.8 cm³/mol. The fourth-order valence-electron chi connectivity index (χ4n) is 3.07. The number of carbonyl (C=O) groups is 1. The molecule has 3 heterocycles. The second-order valence-electron chi connectivity index (χ2n) is 6.02. The van der Waals surface area contributed by atoms with E-state index in [1.165, 1.54) is 10.6 Å². The maximum Gasteiger partial charge on any atom is 0.329 e. The van der Waals surface area contributed by atoms with E-state index in [0.29, 0.717) is 23.5 Å². The van der Waals surface area contributed by atoms with Crippen LogP contribution in [-0.2, 0) is 6.54 Å². The number of aryl methyl sites for hydroxylation is 1.